The molecule has 2 unspecified atom stereocenters. The largest absolute Gasteiger partial charge is 0.481 e. The molecule has 0 saturated carbocycles. The van der Waals surface area contributed by atoms with Crippen LogP contribution in [0.25, 0.3) is 0 Å². The summed E-state index contributed by atoms with van der Waals surface area (Å²) in [5.41, 5.74) is 8.71. The summed E-state index contributed by atoms with van der Waals surface area (Å²) < 4.78 is 0. The number of carbonyl (C=O) groups is 2. The van der Waals surface area contributed by atoms with Crippen LogP contribution in [0.1, 0.15) is 30.5 Å². The molecule has 0 bridgehead atoms. The summed E-state index contributed by atoms with van der Waals surface area (Å²) in [7, 11) is 1.75. The first-order chi connectivity index (χ1) is 8.91. The van der Waals surface area contributed by atoms with Crippen LogP contribution in [-0.4, -0.2) is 24.0 Å². The first-order valence-electron chi connectivity index (χ1n) is 6.29. The Kier molecular flexibility index (Phi) is 3.57. The maximum absolute atomic E-state index is 11.6. The van der Waals surface area contributed by atoms with Crippen molar-refractivity contribution in [2.75, 3.05) is 11.9 Å². The van der Waals surface area contributed by atoms with Crippen molar-refractivity contribution in [3.63, 3.8) is 0 Å². The number of carboxylic acids is 1. The number of hydrogen-bond donors (Lipinski definition) is 2. The van der Waals surface area contributed by atoms with Gasteiger partial charge in [-0.25, -0.2) is 0 Å². The van der Waals surface area contributed by atoms with Gasteiger partial charge in [-0.2, -0.15) is 0 Å². The topological polar surface area (TPSA) is 83.6 Å². The Morgan fingerprint density at radius 1 is 1.42 bits per heavy atom. The maximum Gasteiger partial charge on any atom is 0.308 e. The van der Waals surface area contributed by atoms with E-state index in [4.69, 9.17) is 10.8 Å². The van der Waals surface area contributed by atoms with Gasteiger partial charge < -0.3 is 15.7 Å². The summed E-state index contributed by atoms with van der Waals surface area (Å²) in [5, 5.41) is 9.00. The van der Waals surface area contributed by atoms with Gasteiger partial charge >= 0.3 is 5.97 Å². The van der Waals surface area contributed by atoms with Crippen LogP contribution in [0.5, 0.6) is 0 Å². The number of rotatable bonds is 3. The van der Waals surface area contributed by atoms with Crippen LogP contribution in [0.3, 0.4) is 0 Å². The summed E-state index contributed by atoms with van der Waals surface area (Å²) >= 11 is 0. The van der Waals surface area contributed by atoms with Crippen LogP contribution < -0.4 is 10.6 Å². The van der Waals surface area contributed by atoms with Gasteiger partial charge in [0.1, 0.15) is 0 Å². The first kappa shape index (κ1) is 13.5. The quantitative estimate of drug-likeness (QED) is 0.860. The number of amides is 1. The van der Waals surface area contributed by atoms with Gasteiger partial charge in [-0.15, -0.1) is 0 Å². The number of carbonyl (C=O) groups excluding carboxylic acids is 1. The second-order valence-corrected chi connectivity index (χ2v) is 4.99. The zero-order valence-corrected chi connectivity index (χ0v) is 11.1. The smallest absolute Gasteiger partial charge is 0.308 e. The van der Waals surface area contributed by atoms with Crippen molar-refractivity contribution in [2.24, 2.45) is 11.7 Å². The van der Waals surface area contributed by atoms with Gasteiger partial charge in [-0.3, -0.25) is 9.59 Å². The van der Waals surface area contributed by atoms with Crippen LogP contribution >= 0.6 is 0 Å². The molecule has 1 heterocycles. The zero-order valence-electron chi connectivity index (χ0n) is 11.1. The highest BCUT2D eigenvalue weighted by molar-refractivity contribution is 5.95. The lowest BCUT2D eigenvalue weighted by atomic mass is 9.91. The minimum Gasteiger partial charge on any atom is -0.481 e. The van der Waals surface area contributed by atoms with Crippen LogP contribution in [-0.2, 0) is 16.0 Å². The summed E-state index contributed by atoms with van der Waals surface area (Å²) in [4.78, 5) is 24.2. The Hall–Kier alpha value is -1.88. The van der Waals surface area contributed by atoms with Crippen molar-refractivity contribution in [3.8, 4) is 0 Å². The van der Waals surface area contributed by atoms with E-state index in [0.29, 0.717) is 12.8 Å². The van der Waals surface area contributed by atoms with E-state index < -0.39 is 17.9 Å². The highest BCUT2D eigenvalue weighted by Crippen LogP contribution is 2.30. The Bertz CT molecular complexity index is 527. The van der Waals surface area contributed by atoms with E-state index in [9.17, 15) is 9.59 Å². The fraction of sp³-hybridized carbons (Fsp3) is 0.429. The Morgan fingerprint density at radius 2 is 2.11 bits per heavy atom. The molecule has 0 fully saturated rings. The van der Waals surface area contributed by atoms with E-state index >= 15 is 0 Å². The minimum atomic E-state index is -0.905. The Morgan fingerprint density at radius 3 is 2.74 bits per heavy atom. The molecule has 0 saturated heterocycles. The molecule has 1 aliphatic heterocycles. The molecule has 0 aromatic heterocycles. The van der Waals surface area contributed by atoms with Crippen LogP contribution in [0.15, 0.2) is 18.2 Å². The third-order valence-electron chi connectivity index (χ3n) is 3.76. The van der Waals surface area contributed by atoms with Crippen molar-refractivity contribution >= 4 is 17.6 Å². The van der Waals surface area contributed by atoms with E-state index in [1.165, 1.54) is 0 Å². The summed E-state index contributed by atoms with van der Waals surface area (Å²) in [6.07, 6.45) is 1.16. The second-order valence-electron chi connectivity index (χ2n) is 4.99. The van der Waals surface area contributed by atoms with Gasteiger partial charge in [0, 0.05) is 25.2 Å². The predicted octanol–water partition coefficient (Wildman–Crippen LogP) is 1.32. The van der Waals surface area contributed by atoms with Crippen molar-refractivity contribution in [3.05, 3.63) is 29.3 Å². The molecule has 1 aliphatic rings. The summed E-state index contributed by atoms with van der Waals surface area (Å²) in [5.74, 6) is -1.44. The average molecular weight is 262 g/mol. The number of aliphatic carboxylic acids is 1. The van der Waals surface area contributed by atoms with Gasteiger partial charge in [-0.05, 0) is 23.6 Å². The van der Waals surface area contributed by atoms with Gasteiger partial charge in [-0.1, -0.05) is 19.1 Å². The standard InChI is InChI=1S/C14H18N2O3/c1-8(14(18)19)13(15)10-3-5-11-9(7-10)4-6-12(17)16(11)2/h3,5,7-8,13H,4,6,15H2,1-2H3,(H,18,19). The van der Waals surface area contributed by atoms with Crippen molar-refractivity contribution < 1.29 is 14.7 Å². The van der Waals surface area contributed by atoms with Crippen LogP contribution in [0.4, 0.5) is 5.69 Å². The zero-order chi connectivity index (χ0) is 14.2. The van der Waals surface area contributed by atoms with Gasteiger partial charge in [0.15, 0.2) is 0 Å². The van der Waals surface area contributed by atoms with Crippen LogP contribution in [0, 0.1) is 5.92 Å². The average Bonchev–Trinajstić information content (AvgIpc) is 2.40. The molecule has 5 nitrogen and oxygen atoms in total. The molecule has 1 amide bonds. The summed E-state index contributed by atoms with van der Waals surface area (Å²) in [6, 6.07) is 5.03. The second kappa shape index (κ2) is 5.01. The van der Waals surface area contributed by atoms with Crippen LogP contribution in [0.2, 0.25) is 0 Å². The van der Waals surface area contributed by atoms with E-state index in [2.05, 4.69) is 0 Å². The van der Waals surface area contributed by atoms with Gasteiger partial charge in [0.25, 0.3) is 0 Å². The molecular weight excluding hydrogens is 244 g/mol. The number of aryl methyl sites for hydroxylation is 1. The number of nitrogens with two attached hydrogens (primary N) is 1. The lowest BCUT2D eigenvalue weighted by molar-refractivity contribution is -0.141. The lowest BCUT2D eigenvalue weighted by Crippen LogP contribution is -2.31. The SMILES string of the molecule is CC(C(=O)O)C(N)c1ccc2c(c1)CCC(=O)N2C. The molecule has 0 spiro atoms. The molecule has 0 aliphatic carbocycles. The van der Waals surface area contributed by atoms with E-state index in [-0.39, 0.29) is 5.91 Å². The molecule has 0 radical (unpaired) electrons. The number of anilines is 1. The molecular formula is C14H18N2O3. The third kappa shape index (κ3) is 2.46. The number of benzene rings is 1. The minimum absolute atomic E-state index is 0.100. The van der Waals surface area contributed by atoms with Gasteiger partial charge in [0.2, 0.25) is 5.91 Å². The van der Waals surface area contributed by atoms with Crippen molar-refractivity contribution in [1.29, 1.82) is 0 Å². The number of nitrogens with zero attached hydrogens (tertiary/aromatic N) is 1. The summed E-state index contributed by atoms with van der Waals surface area (Å²) in [6.45, 7) is 1.60. The molecule has 5 heteroatoms. The van der Waals surface area contributed by atoms with E-state index in [1.54, 1.807) is 24.9 Å². The monoisotopic (exact) mass is 262 g/mol. The number of carboxylic acid groups (broad SMARTS) is 1. The Balaban J connectivity index is 2.32. The fourth-order valence-corrected chi connectivity index (χ4v) is 2.33. The van der Waals surface area contributed by atoms with Gasteiger partial charge in [0.05, 0.1) is 5.92 Å². The molecule has 1 aromatic carbocycles. The maximum atomic E-state index is 11.6. The molecule has 2 atom stereocenters. The number of fused-ring (bicyclic) bond motifs is 1. The molecule has 3 N–H and O–H groups in total. The molecule has 2 rings (SSSR count). The van der Waals surface area contributed by atoms with Crippen molar-refractivity contribution in [1.82, 2.24) is 0 Å². The fourth-order valence-electron chi connectivity index (χ4n) is 2.33. The van der Waals surface area contributed by atoms with E-state index in [1.807, 2.05) is 12.1 Å². The van der Waals surface area contributed by atoms with Crippen molar-refractivity contribution in [2.45, 2.75) is 25.8 Å². The molecule has 1 aromatic rings. The lowest BCUT2D eigenvalue weighted by Gasteiger charge is -2.27. The van der Waals surface area contributed by atoms with E-state index in [0.717, 1.165) is 16.8 Å². The third-order valence-corrected chi connectivity index (χ3v) is 3.76. The molecule has 19 heavy (non-hydrogen) atoms. The first-order valence-corrected chi connectivity index (χ1v) is 6.29. The molecule has 102 valence electrons. The highest BCUT2D eigenvalue weighted by Gasteiger charge is 2.25. The highest BCUT2D eigenvalue weighted by atomic mass is 16.4. The Labute approximate surface area is 112 Å². The number of hydrogen-bond acceptors (Lipinski definition) is 3. The predicted molar refractivity (Wildman–Crippen MR) is 71.9 cm³/mol. The normalized spacial score (nSPS) is 17.8.